The molecule has 0 aromatic rings. The highest BCUT2D eigenvalue weighted by atomic mass is 14.7. The van der Waals surface area contributed by atoms with E-state index in [4.69, 9.17) is 11.5 Å². The van der Waals surface area contributed by atoms with Gasteiger partial charge in [-0.1, -0.05) is 148 Å². The Morgan fingerprint density at radius 1 is 0.429 bits per heavy atom. The average molecular weight is 397 g/mol. The lowest BCUT2D eigenvalue weighted by Crippen LogP contribution is -2.29. The molecule has 0 saturated carbocycles. The van der Waals surface area contributed by atoms with Gasteiger partial charge in [0.2, 0.25) is 0 Å². The Bertz CT molecular complexity index is 267. The second kappa shape index (κ2) is 25.0. The van der Waals surface area contributed by atoms with Gasteiger partial charge in [0.15, 0.2) is 0 Å². The molecule has 28 heavy (non-hydrogen) atoms. The van der Waals surface area contributed by atoms with Crippen molar-refractivity contribution in [1.82, 2.24) is 0 Å². The van der Waals surface area contributed by atoms with Crippen LogP contribution in [0.1, 0.15) is 155 Å². The van der Waals surface area contributed by atoms with Crippen molar-refractivity contribution >= 4 is 0 Å². The van der Waals surface area contributed by atoms with Crippen LogP contribution in [0.15, 0.2) is 0 Å². The van der Waals surface area contributed by atoms with Crippen LogP contribution in [0, 0.1) is 0 Å². The molecule has 0 spiro atoms. The van der Waals surface area contributed by atoms with Crippen LogP contribution in [0.25, 0.3) is 0 Å². The van der Waals surface area contributed by atoms with Gasteiger partial charge in [0.1, 0.15) is 0 Å². The van der Waals surface area contributed by atoms with Crippen LogP contribution in [-0.2, 0) is 0 Å². The lowest BCUT2D eigenvalue weighted by atomic mass is 10.0. The van der Waals surface area contributed by atoms with E-state index in [-0.39, 0.29) is 6.04 Å². The highest BCUT2D eigenvalue weighted by Gasteiger charge is 1.99. The number of hydrogen-bond acceptors (Lipinski definition) is 2. The molecule has 1 atom stereocenters. The summed E-state index contributed by atoms with van der Waals surface area (Å²) < 4.78 is 0. The SMILES string of the molecule is CCCCCCCCCCCCCCCCCCCCCCCCC(N)CN. The lowest BCUT2D eigenvalue weighted by Gasteiger charge is -2.07. The van der Waals surface area contributed by atoms with E-state index in [1.165, 1.54) is 141 Å². The van der Waals surface area contributed by atoms with Gasteiger partial charge >= 0.3 is 0 Å². The normalized spacial score (nSPS) is 12.5. The Hall–Kier alpha value is -0.0800. The maximum Gasteiger partial charge on any atom is 0.0163 e. The lowest BCUT2D eigenvalue weighted by molar-refractivity contribution is 0.511. The van der Waals surface area contributed by atoms with Crippen LogP contribution in [0.3, 0.4) is 0 Å². The summed E-state index contributed by atoms with van der Waals surface area (Å²) in [5.74, 6) is 0. The molecule has 0 aromatic heterocycles. The van der Waals surface area contributed by atoms with Crippen molar-refractivity contribution in [2.75, 3.05) is 6.54 Å². The van der Waals surface area contributed by atoms with Gasteiger partial charge in [0.05, 0.1) is 0 Å². The van der Waals surface area contributed by atoms with E-state index in [1.807, 2.05) is 0 Å². The van der Waals surface area contributed by atoms with Crippen LogP contribution in [0.4, 0.5) is 0 Å². The minimum Gasteiger partial charge on any atom is -0.329 e. The molecule has 0 aliphatic heterocycles. The van der Waals surface area contributed by atoms with Crippen LogP contribution in [0.2, 0.25) is 0 Å². The standard InChI is InChI=1S/C26H56N2/c1-2-3-4-5-6-7-8-9-10-11-12-13-14-15-16-17-18-19-20-21-22-23-24-26(28)25-27/h26H,2-25,27-28H2,1H3. The van der Waals surface area contributed by atoms with Crippen molar-refractivity contribution in [3.63, 3.8) is 0 Å². The topological polar surface area (TPSA) is 52.0 Å². The predicted octanol–water partition coefficient (Wildman–Crippen LogP) is 8.26. The van der Waals surface area contributed by atoms with E-state index in [0.29, 0.717) is 6.54 Å². The molecule has 170 valence electrons. The van der Waals surface area contributed by atoms with Crippen LogP contribution in [-0.4, -0.2) is 12.6 Å². The first-order valence-electron chi connectivity index (χ1n) is 13.3. The van der Waals surface area contributed by atoms with E-state index in [0.717, 1.165) is 6.42 Å². The van der Waals surface area contributed by atoms with E-state index in [1.54, 1.807) is 0 Å². The van der Waals surface area contributed by atoms with Gasteiger partial charge in [-0.2, -0.15) is 0 Å². The van der Waals surface area contributed by atoms with Gasteiger partial charge < -0.3 is 11.5 Å². The van der Waals surface area contributed by atoms with E-state index >= 15 is 0 Å². The zero-order valence-electron chi connectivity index (χ0n) is 19.7. The van der Waals surface area contributed by atoms with E-state index in [2.05, 4.69) is 6.92 Å². The molecular weight excluding hydrogens is 340 g/mol. The maximum atomic E-state index is 5.84. The molecule has 0 amide bonds. The van der Waals surface area contributed by atoms with Crippen molar-refractivity contribution < 1.29 is 0 Å². The van der Waals surface area contributed by atoms with Crippen molar-refractivity contribution in [3.05, 3.63) is 0 Å². The van der Waals surface area contributed by atoms with Crippen molar-refractivity contribution in [2.45, 2.75) is 161 Å². The highest BCUT2D eigenvalue weighted by molar-refractivity contribution is 4.61. The van der Waals surface area contributed by atoms with Crippen LogP contribution in [0.5, 0.6) is 0 Å². The maximum absolute atomic E-state index is 5.84. The summed E-state index contributed by atoms with van der Waals surface area (Å²) in [5, 5.41) is 0. The van der Waals surface area contributed by atoms with E-state index in [9.17, 15) is 0 Å². The molecule has 0 heterocycles. The largest absolute Gasteiger partial charge is 0.329 e. The predicted molar refractivity (Wildman–Crippen MR) is 129 cm³/mol. The molecule has 0 fully saturated rings. The summed E-state index contributed by atoms with van der Waals surface area (Å²) in [4.78, 5) is 0. The monoisotopic (exact) mass is 396 g/mol. The van der Waals surface area contributed by atoms with Gasteiger partial charge in [-0.3, -0.25) is 0 Å². The molecule has 0 aliphatic rings. The molecule has 2 heteroatoms. The molecule has 4 N–H and O–H groups in total. The minimum atomic E-state index is 0.227. The fourth-order valence-electron chi connectivity index (χ4n) is 4.13. The molecule has 0 bridgehead atoms. The van der Waals surface area contributed by atoms with Gasteiger partial charge in [-0.05, 0) is 6.42 Å². The Labute approximate surface area is 179 Å². The van der Waals surface area contributed by atoms with Crippen molar-refractivity contribution in [3.8, 4) is 0 Å². The molecule has 1 unspecified atom stereocenters. The second-order valence-corrected chi connectivity index (χ2v) is 9.21. The fraction of sp³-hybridized carbons (Fsp3) is 1.00. The molecule has 0 aliphatic carbocycles. The molecular formula is C26H56N2. The average Bonchev–Trinajstić information content (AvgIpc) is 2.71. The third kappa shape index (κ3) is 24.0. The van der Waals surface area contributed by atoms with Gasteiger partial charge in [-0.25, -0.2) is 0 Å². The summed E-state index contributed by atoms with van der Waals surface area (Å²) in [6.07, 6.45) is 32.8. The van der Waals surface area contributed by atoms with E-state index < -0.39 is 0 Å². The number of rotatable bonds is 24. The number of hydrogen-bond donors (Lipinski definition) is 2. The molecule has 0 aromatic carbocycles. The first-order valence-corrected chi connectivity index (χ1v) is 13.3. The highest BCUT2D eigenvalue weighted by Crippen LogP contribution is 2.15. The smallest absolute Gasteiger partial charge is 0.0163 e. The third-order valence-electron chi connectivity index (χ3n) is 6.23. The first kappa shape index (κ1) is 27.9. The summed E-state index contributed by atoms with van der Waals surface area (Å²) >= 11 is 0. The summed E-state index contributed by atoms with van der Waals surface area (Å²) in [7, 11) is 0. The molecule has 0 rings (SSSR count). The first-order chi connectivity index (χ1) is 13.8. The Morgan fingerprint density at radius 3 is 0.929 bits per heavy atom. The minimum absolute atomic E-state index is 0.227. The Kier molecular flexibility index (Phi) is 24.9. The summed E-state index contributed by atoms with van der Waals surface area (Å²) in [6.45, 7) is 2.94. The number of nitrogens with two attached hydrogens (primary N) is 2. The summed E-state index contributed by atoms with van der Waals surface area (Å²) in [5.41, 5.74) is 11.4. The molecule has 0 saturated heterocycles. The fourth-order valence-corrected chi connectivity index (χ4v) is 4.13. The Morgan fingerprint density at radius 2 is 0.679 bits per heavy atom. The van der Waals surface area contributed by atoms with Gasteiger partial charge in [0, 0.05) is 12.6 Å². The van der Waals surface area contributed by atoms with Crippen LogP contribution < -0.4 is 11.5 Å². The second-order valence-electron chi connectivity index (χ2n) is 9.21. The van der Waals surface area contributed by atoms with Crippen molar-refractivity contribution in [2.24, 2.45) is 11.5 Å². The van der Waals surface area contributed by atoms with Gasteiger partial charge in [-0.15, -0.1) is 0 Å². The molecule has 2 nitrogen and oxygen atoms in total. The molecule has 0 radical (unpaired) electrons. The third-order valence-corrected chi connectivity index (χ3v) is 6.23. The zero-order chi connectivity index (χ0) is 20.5. The zero-order valence-corrected chi connectivity index (χ0v) is 19.7. The van der Waals surface area contributed by atoms with Gasteiger partial charge in [0.25, 0.3) is 0 Å². The quantitative estimate of drug-likeness (QED) is 0.161. The number of unbranched alkanes of at least 4 members (excludes halogenated alkanes) is 21. The van der Waals surface area contributed by atoms with Crippen LogP contribution >= 0.6 is 0 Å². The Balaban J connectivity index is 3.00. The van der Waals surface area contributed by atoms with Crippen molar-refractivity contribution in [1.29, 1.82) is 0 Å². The summed E-state index contributed by atoms with van der Waals surface area (Å²) in [6, 6.07) is 0.227.